The van der Waals surface area contributed by atoms with Gasteiger partial charge in [-0.3, -0.25) is 14.6 Å². The van der Waals surface area contributed by atoms with Crippen molar-refractivity contribution in [2.24, 2.45) is 16.5 Å². The molecule has 1 saturated heterocycles. The third-order valence-electron chi connectivity index (χ3n) is 4.95. The second-order valence-electron chi connectivity index (χ2n) is 7.03. The molecular weight excluding hydrogens is 356 g/mol. The van der Waals surface area contributed by atoms with Gasteiger partial charge in [0.05, 0.1) is 6.04 Å². The van der Waals surface area contributed by atoms with Crippen LogP contribution in [0.15, 0.2) is 35.3 Å². The number of likely N-dealkylation sites (N-methyl/N-ethyl adjacent to an activating group) is 1. The minimum absolute atomic E-state index is 0.0169. The highest BCUT2D eigenvalue weighted by molar-refractivity contribution is 5.90. The van der Waals surface area contributed by atoms with Gasteiger partial charge in [-0.25, -0.2) is 0 Å². The van der Waals surface area contributed by atoms with Crippen molar-refractivity contribution in [2.75, 3.05) is 26.7 Å². The fourth-order valence-corrected chi connectivity index (χ4v) is 3.44. The predicted molar refractivity (Wildman–Crippen MR) is 111 cm³/mol. The van der Waals surface area contributed by atoms with Crippen LogP contribution in [0.25, 0.3) is 0 Å². The van der Waals surface area contributed by atoms with E-state index >= 15 is 0 Å². The third kappa shape index (κ3) is 6.53. The van der Waals surface area contributed by atoms with Gasteiger partial charge < -0.3 is 27.0 Å². The van der Waals surface area contributed by atoms with Gasteiger partial charge in [-0.2, -0.15) is 0 Å². The van der Waals surface area contributed by atoms with Crippen LogP contribution in [0.3, 0.4) is 0 Å². The van der Waals surface area contributed by atoms with E-state index in [-0.39, 0.29) is 23.8 Å². The number of unbranched alkanes of at least 4 members (excludes halogenated alkanes) is 1. The van der Waals surface area contributed by atoms with E-state index in [2.05, 4.69) is 15.6 Å². The lowest BCUT2D eigenvalue weighted by molar-refractivity contribution is -0.139. The van der Waals surface area contributed by atoms with Gasteiger partial charge in [0.1, 0.15) is 6.04 Å². The Labute approximate surface area is 166 Å². The average Bonchev–Trinajstić information content (AvgIpc) is 3.18. The molecule has 0 bridgehead atoms. The van der Waals surface area contributed by atoms with E-state index in [0.29, 0.717) is 32.5 Å². The number of nitrogens with zero attached hydrogens (tertiary/aromatic N) is 2. The summed E-state index contributed by atoms with van der Waals surface area (Å²) in [5, 5.41) is 6.05. The molecule has 1 aliphatic heterocycles. The Hall–Kier alpha value is -2.61. The summed E-state index contributed by atoms with van der Waals surface area (Å²) in [6, 6.07) is 9.17. The van der Waals surface area contributed by atoms with Crippen LogP contribution in [0.4, 0.5) is 0 Å². The molecule has 8 heteroatoms. The number of nitrogens with one attached hydrogen (secondary N) is 2. The molecular formula is C20H32N6O2. The van der Waals surface area contributed by atoms with Crippen molar-refractivity contribution < 1.29 is 9.59 Å². The lowest BCUT2D eigenvalue weighted by Gasteiger charge is -2.28. The number of carbonyl (C=O) groups is 2. The molecule has 8 nitrogen and oxygen atoms in total. The summed E-state index contributed by atoms with van der Waals surface area (Å²) in [5.74, 6) is -0.0160. The summed E-state index contributed by atoms with van der Waals surface area (Å²) in [4.78, 5) is 31.2. The highest BCUT2D eigenvalue weighted by atomic mass is 16.2. The minimum atomic E-state index is -0.392. The van der Waals surface area contributed by atoms with Gasteiger partial charge in [0, 0.05) is 19.6 Å². The molecule has 28 heavy (non-hydrogen) atoms. The first-order chi connectivity index (χ1) is 13.5. The number of likely N-dealkylation sites (tertiary alicyclic amines) is 1. The molecule has 2 atom stereocenters. The smallest absolute Gasteiger partial charge is 0.242 e. The van der Waals surface area contributed by atoms with Gasteiger partial charge in [-0.1, -0.05) is 30.3 Å². The number of nitrogens with two attached hydrogens (primary N) is 2. The topological polar surface area (TPSA) is 126 Å². The quantitative estimate of drug-likeness (QED) is 0.255. The lowest BCUT2D eigenvalue weighted by Crippen LogP contribution is -2.52. The zero-order chi connectivity index (χ0) is 20.4. The van der Waals surface area contributed by atoms with Crippen LogP contribution >= 0.6 is 0 Å². The molecule has 1 fully saturated rings. The van der Waals surface area contributed by atoms with Crippen molar-refractivity contribution in [3.63, 3.8) is 0 Å². The first-order valence-corrected chi connectivity index (χ1v) is 9.87. The fourth-order valence-electron chi connectivity index (χ4n) is 3.44. The Balaban J connectivity index is 1.85. The van der Waals surface area contributed by atoms with Crippen LogP contribution in [0.5, 0.6) is 0 Å². The molecule has 1 aromatic rings. The number of carbonyl (C=O) groups excluding carboxylic acids is 2. The van der Waals surface area contributed by atoms with Crippen molar-refractivity contribution in [3.8, 4) is 0 Å². The Bertz CT molecular complexity index is 660. The zero-order valence-electron chi connectivity index (χ0n) is 16.6. The van der Waals surface area contributed by atoms with Crippen molar-refractivity contribution in [2.45, 2.75) is 44.2 Å². The van der Waals surface area contributed by atoms with E-state index in [4.69, 9.17) is 11.5 Å². The Morgan fingerprint density at radius 2 is 2.00 bits per heavy atom. The Morgan fingerprint density at radius 3 is 2.68 bits per heavy atom. The van der Waals surface area contributed by atoms with Crippen molar-refractivity contribution in [1.82, 2.24) is 15.5 Å². The van der Waals surface area contributed by atoms with Crippen LogP contribution in [0.2, 0.25) is 0 Å². The van der Waals surface area contributed by atoms with Crippen LogP contribution in [0, 0.1) is 0 Å². The number of guanidine groups is 1. The number of rotatable bonds is 10. The van der Waals surface area contributed by atoms with Crippen LogP contribution in [-0.4, -0.2) is 61.4 Å². The summed E-state index contributed by atoms with van der Waals surface area (Å²) in [5.41, 5.74) is 11.7. The van der Waals surface area contributed by atoms with Gasteiger partial charge in [0.15, 0.2) is 5.96 Å². The first kappa shape index (κ1) is 21.7. The van der Waals surface area contributed by atoms with E-state index in [1.165, 1.54) is 0 Å². The van der Waals surface area contributed by atoms with Crippen molar-refractivity contribution in [3.05, 3.63) is 35.9 Å². The van der Waals surface area contributed by atoms with E-state index in [1.807, 2.05) is 30.3 Å². The largest absolute Gasteiger partial charge is 0.370 e. The van der Waals surface area contributed by atoms with Crippen molar-refractivity contribution >= 4 is 17.8 Å². The highest BCUT2D eigenvalue weighted by Gasteiger charge is 2.36. The zero-order valence-corrected chi connectivity index (χ0v) is 16.6. The Kier molecular flexibility index (Phi) is 8.74. The summed E-state index contributed by atoms with van der Waals surface area (Å²) < 4.78 is 0. The fraction of sp³-hybridized carbons (Fsp3) is 0.550. The van der Waals surface area contributed by atoms with Gasteiger partial charge in [-0.05, 0) is 44.7 Å². The number of hydrogen-bond donors (Lipinski definition) is 4. The summed E-state index contributed by atoms with van der Waals surface area (Å²) >= 11 is 0. The SMILES string of the molecule is CN[C@H](Cc1ccccc1)C(=O)N1CCC[C@H]1C(=O)NCCCCN=C(N)N. The predicted octanol–water partition coefficient (Wildman–Crippen LogP) is -0.0221. The molecule has 0 unspecified atom stereocenters. The molecule has 0 aliphatic carbocycles. The molecule has 6 N–H and O–H groups in total. The molecule has 1 aromatic carbocycles. The molecule has 0 saturated carbocycles. The Morgan fingerprint density at radius 1 is 1.25 bits per heavy atom. The molecule has 0 spiro atoms. The van der Waals surface area contributed by atoms with E-state index in [0.717, 1.165) is 24.8 Å². The summed E-state index contributed by atoms with van der Waals surface area (Å²) in [6.07, 6.45) is 3.73. The monoisotopic (exact) mass is 388 g/mol. The molecule has 0 radical (unpaired) electrons. The second-order valence-corrected chi connectivity index (χ2v) is 7.03. The maximum Gasteiger partial charge on any atom is 0.242 e. The van der Waals surface area contributed by atoms with Crippen LogP contribution in [-0.2, 0) is 16.0 Å². The lowest BCUT2D eigenvalue weighted by atomic mass is 10.0. The number of hydrogen-bond acceptors (Lipinski definition) is 4. The number of benzene rings is 1. The summed E-state index contributed by atoms with van der Waals surface area (Å²) in [6.45, 7) is 1.72. The van der Waals surface area contributed by atoms with Gasteiger partial charge >= 0.3 is 0 Å². The normalized spacial score (nSPS) is 17.2. The van der Waals surface area contributed by atoms with Gasteiger partial charge in [0.2, 0.25) is 11.8 Å². The van der Waals surface area contributed by atoms with Gasteiger partial charge in [0.25, 0.3) is 0 Å². The van der Waals surface area contributed by atoms with E-state index in [9.17, 15) is 9.59 Å². The van der Waals surface area contributed by atoms with E-state index < -0.39 is 6.04 Å². The number of aliphatic imine (C=N–C) groups is 1. The molecule has 154 valence electrons. The minimum Gasteiger partial charge on any atom is -0.370 e. The third-order valence-corrected chi connectivity index (χ3v) is 4.95. The highest BCUT2D eigenvalue weighted by Crippen LogP contribution is 2.19. The van der Waals surface area contributed by atoms with Crippen LogP contribution in [0.1, 0.15) is 31.2 Å². The maximum atomic E-state index is 13.0. The molecule has 0 aromatic heterocycles. The standard InChI is InChI=1S/C20H32N6O2/c1-23-16(14-15-8-3-2-4-9-15)19(28)26-13-7-10-17(26)18(27)24-11-5-6-12-25-20(21)22/h2-4,8-9,16-17,23H,5-7,10-14H2,1H3,(H,24,27)(H4,21,22,25)/t16-,17+/m1/s1. The first-order valence-electron chi connectivity index (χ1n) is 9.87. The molecule has 1 heterocycles. The molecule has 2 amide bonds. The molecule has 1 aliphatic rings. The van der Waals surface area contributed by atoms with Crippen LogP contribution < -0.4 is 22.1 Å². The maximum absolute atomic E-state index is 13.0. The number of amides is 2. The van der Waals surface area contributed by atoms with E-state index in [1.54, 1.807) is 11.9 Å². The van der Waals surface area contributed by atoms with Gasteiger partial charge in [-0.15, -0.1) is 0 Å². The summed E-state index contributed by atoms with van der Waals surface area (Å²) in [7, 11) is 1.78. The second kappa shape index (κ2) is 11.3. The van der Waals surface area contributed by atoms with Crippen molar-refractivity contribution in [1.29, 1.82) is 0 Å². The molecule has 2 rings (SSSR count). The average molecular weight is 389 g/mol.